The van der Waals surface area contributed by atoms with E-state index in [1.165, 1.54) is 0 Å². The van der Waals surface area contributed by atoms with Crippen molar-refractivity contribution in [3.8, 4) is 5.75 Å². The van der Waals surface area contributed by atoms with Gasteiger partial charge in [-0.1, -0.05) is 20.3 Å². The molecule has 0 fully saturated rings. The number of carbonyl (C=O) groups excluding carboxylic acids is 2. The highest BCUT2D eigenvalue weighted by Gasteiger charge is 2.07. The molecule has 6 nitrogen and oxygen atoms in total. The van der Waals surface area contributed by atoms with Crippen LogP contribution in [0.3, 0.4) is 0 Å². The van der Waals surface area contributed by atoms with Gasteiger partial charge in [0.1, 0.15) is 5.75 Å². The Balaban J connectivity index is 2.42. The maximum Gasteiger partial charge on any atom is 0.338 e. The lowest BCUT2D eigenvalue weighted by Crippen LogP contribution is -2.25. The van der Waals surface area contributed by atoms with Crippen LogP contribution >= 0.6 is 0 Å². The second kappa shape index (κ2) is 10.4. The molecule has 23 heavy (non-hydrogen) atoms. The number of esters is 1. The number of benzene rings is 1. The standard InChI is InChI=1S/C17H24N2O4/c1-4-6-13(3)18-19-16(20)12-23-15-9-7-14(8-10-15)17(21)22-11-5-2/h7-10H,4-6,11-12H2,1-3H3,(H,19,20)/b18-13+. The minimum Gasteiger partial charge on any atom is -0.484 e. The number of carbonyl (C=O) groups is 2. The number of rotatable bonds is 9. The second-order valence-corrected chi connectivity index (χ2v) is 5.08. The van der Waals surface area contributed by atoms with Gasteiger partial charge in [0, 0.05) is 5.71 Å². The smallest absolute Gasteiger partial charge is 0.338 e. The Kier molecular flexibility index (Phi) is 8.42. The van der Waals surface area contributed by atoms with Crippen LogP contribution in [0.2, 0.25) is 0 Å². The van der Waals surface area contributed by atoms with Gasteiger partial charge in [0.2, 0.25) is 0 Å². The summed E-state index contributed by atoms with van der Waals surface area (Å²) in [4.78, 5) is 23.2. The molecule has 0 radical (unpaired) electrons. The predicted molar refractivity (Wildman–Crippen MR) is 88.7 cm³/mol. The van der Waals surface area contributed by atoms with Crippen LogP contribution in [0.15, 0.2) is 29.4 Å². The van der Waals surface area contributed by atoms with Crippen LogP contribution in [0.1, 0.15) is 50.4 Å². The zero-order valence-corrected chi connectivity index (χ0v) is 13.9. The molecule has 0 spiro atoms. The third-order valence-electron chi connectivity index (χ3n) is 2.88. The number of hydrogen-bond donors (Lipinski definition) is 1. The average molecular weight is 320 g/mol. The summed E-state index contributed by atoms with van der Waals surface area (Å²) in [6.07, 6.45) is 2.60. The molecule has 0 aliphatic rings. The average Bonchev–Trinajstić information content (AvgIpc) is 2.56. The molecule has 0 saturated heterocycles. The molecule has 6 heteroatoms. The predicted octanol–water partition coefficient (Wildman–Crippen LogP) is 2.92. The Morgan fingerprint density at radius 3 is 2.43 bits per heavy atom. The van der Waals surface area contributed by atoms with E-state index in [-0.39, 0.29) is 18.5 Å². The first-order chi connectivity index (χ1) is 11.1. The first kappa shape index (κ1) is 18.7. The van der Waals surface area contributed by atoms with E-state index in [0.717, 1.165) is 25.0 Å². The molecular weight excluding hydrogens is 296 g/mol. The molecule has 0 aliphatic carbocycles. The fraction of sp³-hybridized carbons (Fsp3) is 0.471. The van der Waals surface area contributed by atoms with Crippen molar-refractivity contribution in [1.29, 1.82) is 0 Å². The van der Waals surface area contributed by atoms with Gasteiger partial charge in [-0.2, -0.15) is 5.10 Å². The fourth-order valence-corrected chi connectivity index (χ4v) is 1.72. The lowest BCUT2D eigenvalue weighted by Gasteiger charge is -2.07. The summed E-state index contributed by atoms with van der Waals surface area (Å²) >= 11 is 0. The van der Waals surface area contributed by atoms with Gasteiger partial charge in [-0.15, -0.1) is 0 Å². The van der Waals surface area contributed by atoms with Gasteiger partial charge < -0.3 is 9.47 Å². The van der Waals surface area contributed by atoms with Crippen LogP contribution in [-0.2, 0) is 9.53 Å². The van der Waals surface area contributed by atoms with E-state index in [1.807, 2.05) is 20.8 Å². The minimum atomic E-state index is -0.364. The van der Waals surface area contributed by atoms with Crippen molar-refractivity contribution < 1.29 is 19.1 Å². The quantitative estimate of drug-likeness (QED) is 0.431. The summed E-state index contributed by atoms with van der Waals surface area (Å²) in [5.41, 5.74) is 3.77. The highest BCUT2D eigenvalue weighted by atomic mass is 16.5. The van der Waals surface area contributed by atoms with Crippen LogP contribution in [0.25, 0.3) is 0 Å². The van der Waals surface area contributed by atoms with Crippen LogP contribution < -0.4 is 10.2 Å². The SMILES string of the molecule is CCCOC(=O)c1ccc(OCC(=O)N/N=C(\C)CCC)cc1. The highest BCUT2D eigenvalue weighted by Crippen LogP contribution is 2.13. The van der Waals surface area contributed by atoms with Crippen molar-refractivity contribution in [3.63, 3.8) is 0 Å². The van der Waals surface area contributed by atoms with E-state index in [2.05, 4.69) is 10.5 Å². The largest absolute Gasteiger partial charge is 0.484 e. The molecule has 0 atom stereocenters. The van der Waals surface area contributed by atoms with E-state index < -0.39 is 0 Å². The highest BCUT2D eigenvalue weighted by molar-refractivity contribution is 5.89. The molecule has 0 bridgehead atoms. The summed E-state index contributed by atoms with van der Waals surface area (Å²) in [6.45, 7) is 6.10. The van der Waals surface area contributed by atoms with Gasteiger partial charge in [0.25, 0.3) is 5.91 Å². The van der Waals surface area contributed by atoms with E-state index in [4.69, 9.17) is 9.47 Å². The van der Waals surface area contributed by atoms with E-state index in [9.17, 15) is 9.59 Å². The topological polar surface area (TPSA) is 77.0 Å². The molecule has 1 N–H and O–H groups in total. The number of amides is 1. The first-order valence-electron chi connectivity index (χ1n) is 7.78. The first-order valence-corrected chi connectivity index (χ1v) is 7.78. The summed E-state index contributed by atoms with van der Waals surface area (Å²) in [7, 11) is 0. The lowest BCUT2D eigenvalue weighted by molar-refractivity contribution is -0.123. The molecule has 1 aromatic carbocycles. The Morgan fingerprint density at radius 2 is 1.83 bits per heavy atom. The van der Waals surface area contributed by atoms with Crippen molar-refractivity contribution in [2.24, 2.45) is 5.10 Å². The Hall–Kier alpha value is -2.37. The van der Waals surface area contributed by atoms with Gasteiger partial charge in [-0.3, -0.25) is 4.79 Å². The number of nitrogens with one attached hydrogen (secondary N) is 1. The molecule has 1 rings (SSSR count). The van der Waals surface area contributed by atoms with E-state index in [0.29, 0.717) is 17.9 Å². The molecule has 0 saturated carbocycles. The van der Waals surface area contributed by atoms with E-state index >= 15 is 0 Å². The normalized spacial score (nSPS) is 11.0. The second-order valence-electron chi connectivity index (χ2n) is 5.08. The minimum absolute atomic E-state index is 0.136. The summed E-state index contributed by atoms with van der Waals surface area (Å²) in [6, 6.07) is 6.46. The number of ether oxygens (including phenoxy) is 2. The maximum absolute atomic E-state index is 11.6. The third-order valence-corrected chi connectivity index (χ3v) is 2.88. The maximum atomic E-state index is 11.6. The van der Waals surface area contributed by atoms with Crippen LogP contribution in [-0.4, -0.2) is 30.8 Å². The number of hydrazone groups is 1. The third kappa shape index (κ3) is 7.44. The van der Waals surface area contributed by atoms with Crippen molar-refractivity contribution in [3.05, 3.63) is 29.8 Å². The molecule has 0 unspecified atom stereocenters. The van der Waals surface area contributed by atoms with Crippen LogP contribution in [0.4, 0.5) is 0 Å². The Labute approximate surface area is 136 Å². The summed E-state index contributed by atoms with van der Waals surface area (Å²) in [5, 5.41) is 3.97. The van der Waals surface area contributed by atoms with Gasteiger partial charge >= 0.3 is 5.97 Å². The van der Waals surface area contributed by atoms with Crippen molar-refractivity contribution >= 4 is 17.6 Å². The van der Waals surface area contributed by atoms with Crippen molar-refractivity contribution in [2.45, 2.75) is 40.0 Å². The zero-order valence-electron chi connectivity index (χ0n) is 13.9. The van der Waals surface area contributed by atoms with Gasteiger partial charge in [0.15, 0.2) is 6.61 Å². The molecule has 1 aromatic rings. The molecule has 0 aromatic heterocycles. The van der Waals surface area contributed by atoms with Crippen molar-refractivity contribution in [1.82, 2.24) is 5.43 Å². The molecular formula is C17H24N2O4. The fourth-order valence-electron chi connectivity index (χ4n) is 1.72. The van der Waals surface area contributed by atoms with Gasteiger partial charge in [0.05, 0.1) is 12.2 Å². The van der Waals surface area contributed by atoms with Crippen LogP contribution in [0, 0.1) is 0 Å². The van der Waals surface area contributed by atoms with Gasteiger partial charge in [-0.05, 0) is 44.0 Å². The van der Waals surface area contributed by atoms with Crippen LogP contribution in [0.5, 0.6) is 5.75 Å². The van der Waals surface area contributed by atoms with E-state index in [1.54, 1.807) is 24.3 Å². The Morgan fingerprint density at radius 1 is 1.13 bits per heavy atom. The summed E-state index contributed by atoms with van der Waals surface area (Å²) < 4.78 is 10.4. The zero-order chi connectivity index (χ0) is 17.1. The monoisotopic (exact) mass is 320 g/mol. The Bertz CT molecular complexity index is 538. The van der Waals surface area contributed by atoms with Gasteiger partial charge in [-0.25, -0.2) is 10.2 Å². The van der Waals surface area contributed by atoms with Crippen molar-refractivity contribution in [2.75, 3.05) is 13.2 Å². The molecule has 126 valence electrons. The summed E-state index contributed by atoms with van der Waals surface area (Å²) in [5.74, 6) is -0.190. The molecule has 1 amide bonds. The number of hydrogen-bond acceptors (Lipinski definition) is 5. The number of nitrogens with zero attached hydrogens (tertiary/aromatic N) is 1. The lowest BCUT2D eigenvalue weighted by atomic mass is 10.2. The molecule has 0 aliphatic heterocycles. The molecule has 0 heterocycles.